The molecule has 1 saturated heterocycles. The topological polar surface area (TPSA) is 28.3 Å². The lowest BCUT2D eigenvalue weighted by molar-refractivity contribution is 0.0375. The van der Waals surface area contributed by atoms with Crippen molar-refractivity contribution in [3.05, 3.63) is 35.0 Å². The normalized spacial score (nSPS) is 17.1. The van der Waals surface area contributed by atoms with Gasteiger partial charge in [-0.05, 0) is 31.0 Å². The van der Waals surface area contributed by atoms with Gasteiger partial charge in [-0.25, -0.2) is 0 Å². The van der Waals surface area contributed by atoms with Gasteiger partial charge in [0.1, 0.15) is 5.15 Å². The van der Waals surface area contributed by atoms with Crippen LogP contribution in [0, 0.1) is 0 Å². The van der Waals surface area contributed by atoms with Crippen LogP contribution in [-0.4, -0.2) is 42.7 Å². The summed E-state index contributed by atoms with van der Waals surface area (Å²) in [6.45, 7) is 4.98. The summed E-state index contributed by atoms with van der Waals surface area (Å²) < 4.78 is 5.36. The number of aromatic nitrogens is 1. The highest BCUT2D eigenvalue weighted by Gasteiger charge is 2.12. The minimum Gasteiger partial charge on any atom is -0.379 e. The number of aryl methyl sites for hydroxylation is 1. The lowest BCUT2D eigenvalue weighted by atomic mass is 10.1. The molecular formula is C15H19ClN2O. The highest BCUT2D eigenvalue weighted by Crippen LogP contribution is 2.27. The van der Waals surface area contributed by atoms with Gasteiger partial charge in [-0.1, -0.05) is 29.8 Å². The second-order valence-electron chi connectivity index (χ2n) is 5.02. The van der Waals surface area contributed by atoms with E-state index in [0.717, 1.165) is 56.4 Å². The zero-order chi connectivity index (χ0) is 13.1. The largest absolute Gasteiger partial charge is 0.379 e. The van der Waals surface area contributed by atoms with Crippen LogP contribution >= 0.6 is 11.6 Å². The van der Waals surface area contributed by atoms with Gasteiger partial charge in [0.05, 0.1) is 13.2 Å². The number of morpholine rings is 1. The maximum Gasteiger partial charge on any atom is 0.110 e. The zero-order valence-electron chi connectivity index (χ0n) is 11.0. The Labute approximate surface area is 118 Å². The fourth-order valence-electron chi connectivity index (χ4n) is 2.72. The van der Waals surface area contributed by atoms with Crippen LogP contribution in [-0.2, 0) is 11.2 Å². The van der Waals surface area contributed by atoms with Crippen molar-refractivity contribution >= 4 is 22.5 Å². The molecule has 1 aliphatic heterocycles. The number of H-pyrrole nitrogens is 1. The van der Waals surface area contributed by atoms with Gasteiger partial charge >= 0.3 is 0 Å². The minimum absolute atomic E-state index is 0.795. The van der Waals surface area contributed by atoms with Gasteiger partial charge in [0.15, 0.2) is 0 Å². The van der Waals surface area contributed by atoms with Crippen molar-refractivity contribution in [2.45, 2.75) is 12.8 Å². The first-order chi connectivity index (χ1) is 9.34. The molecule has 0 saturated carbocycles. The van der Waals surface area contributed by atoms with E-state index in [1.165, 1.54) is 10.9 Å². The third-order valence-electron chi connectivity index (χ3n) is 3.77. The summed E-state index contributed by atoms with van der Waals surface area (Å²) in [4.78, 5) is 5.71. The molecule has 1 fully saturated rings. The molecule has 0 amide bonds. The molecule has 1 aromatic heterocycles. The molecular weight excluding hydrogens is 260 g/mol. The van der Waals surface area contributed by atoms with Crippen LogP contribution in [0.2, 0.25) is 5.15 Å². The number of rotatable bonds is 4. The van der Waals surface area contributed by atoms with Crippen LogP contribution in [0.3, 0.4) is 0 Å². The van der Waals surface area contributed by atoms with Gasteiger partial charge in [0.2, 0.25) is 0 Å². The van der Waals surface area contributed by atoms with Gasteiger partial charge in [0, 0.05) is 24.0 Å². The Morgan fingerprint density at radius 3 is 2.84 bits per heavy atom. The number of nitrogens with zero attached hydrogens (tertiary/aromatic N) is 1. The fourth-order valence-corrected chi connectivity index (χ4v) is 3.01. The maximum absolute atomic E-state index is 6.30. The highest BCUT2D eigenvalue weighted by atomic mass is 35.5. The Balaban J connectivity index is 1.63. The summed E-state index contributed by atoms with van der Waals surface area (Å²) >= 11 is 6.30. The van der Waals surface area contributed by atoms with Gasteiger partial charge in [-0.2, -0.15) is 0 Å². The molecule has 0 bridgehead atoms. The van der Waals surface area contributed by atoms with Gasteiger partial charge < -0.3 is 9.72 Å². The predicted molar refractivity (Wildman–Crippen MR) is 78.9 cm³/mol. The maximum atomic E-state index is 6.30. The fraction of sp³-hybridized carbons (Fsp3) is 0.467. The summed E-state index contributed by atoms with van der Waals surface area (Å²) in [5.74, 6) is 0. The molecule has 4 heteroatoms. The minimum atomic E-state index is 0.795. The van der Waals surface area contributed by atoms with Crippen LogP contribution in [0.15, 0.2) is 24.3 Å². The molecule has 1 N–H and O–H groups in total. The summed E-state index contributed by atoms with van der Waals surface area (Å²) in [6, 6.07) is 8.32. The lowest BCUT2D eigenvalue weighted by Gasteiger charge is -2.26. The SMILES string of the molecule is Clc1[nH]c2ccccc2c1CCCN1CCOCC1. The van der Waals surface area contributed by atoms with Crippen LogP contribution in [0.1, 0.15) is 12.0 Å². The van der Waals surface area contributed by atoms with E-state index in [1.54, 1.807) is 0 Å². The van der Waals surface area contributed by atoms with E-state index in [0.29, 0.717) is 0 Å². The number of ether oxygens (including phenoxy) is 1. The second kappa shape index (κ2) is 5.95. The number of halogens is 1. The van der Waals surface area contributed by atoms with Gasteiger partial charge in [-0.15, -0.1) is 0 Å². The zero-order valence-corrected chi connectivity index (χ0v) is 11.7. The van der Waals surface area contributed by atoms with E-state index >= 15 is 0 Å². The predicted octanol–water partition coefficient (Wildman–Crippen LogP) is 3.09. The smallest absolute Gasteiger partial charge is 0.110 e. The Kier molecular flexibility index (Phi) is 4.06. The molecule has 1 aromatic carbocycles. The molecule has 0 aliphatic carbocycles. The van der Waals surface area contributed by atoms with Crippen molar-refractivity contribution < 1.29 is 4.74 Å². The molecule has 19 heavy (non-hydrogen) atoms. The van der Waals surface area contributed by atoms with E-state index in [1.807, 2.05) is 6.07 Å². The third kappa shape index (κ3) is 2.94. The van der Waals surface area contributed by atoms with Crippen LogP contribution in [0.5, 0.6) is 0 Å². The Hall–Kier alpha value is -1.03. The molecule has 3 rings (SSSR count). The van der Waals surface area contributed by atoms with Gasteiger partial charge in [0.25, 0.3) is 0 Å². The number of fused-ring (bicyclic) bond motifs is 1. The van der Waals surface area contributed by atoms with Crippen LogP contribution in [0.4, 0.5) is 0 Å². The standard InChI is InChI=1S/C15H19ClN2O/c16-15-13(12-4-1-2-6-14(12)17-15)5-3-7-18-8-10-19-11-9-18/h1-2,4,6,17H,3,5,7-11H2. The summed E-state index contributed by atoms with van der Waals surface area (Å²) in [5.41, 5.74) is 2.39. The number of hydrogen-bond donors (Lipinski definition) is 1. The first-order valence-electron chi connectivity index (χ1n) is 6.90. The number of nitrogens with one attached hydrogen (secondary N) is 1. The average molecular weight is 279 g/mol. The number of hydrogen-bond acceptors (Lipinski definition) is 2. The van der Waals surface area contributed by atoms with E-state index < -0.39 is 0 Å². The Morgan fingerprint density at radius 2 is 2.00 bits per heavy atom. The van der Waals surface area contributed by atoms with Crippen molar-refractivity contribution in [2.24, 2.45) is 0 Å². The van der Waals surface area contributed by atoms with Crippen molar-refractivity contribution in [2.75, 3.05) is 32.8 Å². The highest BCUT2D eigenvalue weighted by molar-refractivity contribution is 6.31. The number of para-hydroxylation sites is 1. The number of benzene rings is 1. The van der Waals surface area contributed by atoms with Crippen molar-refractivity contribution in [1.82, 2.24) is 9.88 Å². The molecule has 0 spiro atoms. The molecule has 102 valence electrons. The van der Waals surface area contributed by atoms with Gasteiger partial charge in [-0.3, -0.25) is 4.90 Å². The third-order valence-corrected chi connectivity index (χ3v) is 4.09. The molecule has 2 heterocycles. The summed E-state index contributed by atoms with van der Waals surface area (Å²) in [5, 5.41) is 2.05. The second-order valence-corrected chi connectivity index (χ2v) is 5.40. The van der Waals surface area contributed by atoms with Crippen LogP contribution in [0.25, 0.3) is 10.9 Å². The first kappa shape index (κ1) is 13.0. The molecule has 2 aromatic rings. The van der Waals surface area contributed by atoms with E-state index in [9.17, 15) is 0 Å². The van der Waals surface area contributed by atoms with E-state index in [4.69, 9.17) is 16.3 Å². The Bertz CT molecular complexity index is 546. The van der Waals surface area contributed by atoms with Crippen LogP contribution < -0.4 is 0 Å². The van der Waals surface area contributed by atoms with E-state index in [2.05, 4.69) is 28.1 Å². The summed E-state index contributed by atoms with van der Waals surface area (Å²) in [7, 11) is 0. The summed E-state index contributed by atoms with van der Waals surface area (Å²) in [6.07, 6.45) is 2.17. The average Bonchev–Trinajstić information content (AvgIpc) is 2.76. The molecule has 3 nitrogen and oxygen atoms in total. The Morgan fingerprint density at radius 1 is 1.21 bits per heavy atom. The van der Waals surface area contributed by atoms with Crippen molar-refractivity contribution in [3.8, 4) is 0 Å². The molecule has 0 atom stereocenters. The lowest BCUT2D eigenvalue weighted by Crippen LogP contribution is -2.36. The van der Waals surface area contributed by atoms with E-state index in [-0.39, 0.29) is 0 Å². The molecule has 0 radical (unpaired) electrons. The molecule has 1 aliphatic rings. The quantitative estimate of drug-likeness (QED) is 0.931. The number of aromatic amines is 1. The van der Waals surface area contributed by atoms with Crippen molar-refractivity contribution in [3.63, 3.8) is 0 Å². The molecule has 0 unspecified atom stereocenters. The monoisotopic (exact) mass is 278 g/mol. The van der Waals surface area contributed by atoms with Crippen molar-refractivity contribution in [1.29, 1.82) is 0 Å². The first-order valence-corrected chi connectivity index (χ1v) is 7.27.